The first-order valence-corrected chi connectivity index (χ1v) is 7.48. The third-order valence-corrected chi connectivity index (χ3v) is 4.62. The summed E-state index contributed by atoms with van der Waals surface area (Å²) in [4.78, 5) is 14.5. The van der Waals surface area contributed by atoms with Gasteiger partial charge in [-0.15, -0.1) is 0 Å². The van der Waals surface area contributed by atoms with E-state index < -0.39 is 0 Å². The van der Waals surface area contributed by atoms with E-state index in [9.17, 15) is 4.79 Å². The minimum absolute atomic E-state index is 0.112. The number of benzene rings is 1. The van der Waals surface area contributed by atoms with Crippen LogP contribution >= 0.6 is 11.8 Å². The first-order valence-electron chi connectivity index (χ1n) is 6.33. The Hall–Kier alpha value is -1.16. The Balaban J connectivity index is 2.13. The number of carbonyl (C=O) groups is 1. The van der Waals surface area contributed by atoms with Crippen molar-refractivity contribution in [3.05, 3.63) is 29.8 Å². The van der Waals surface area contributed by atoms with Gasteiger partial charge in [-0.05, 0) is 31.5 Å². The molecule has 2 atom stereocenters. The molecule has 3 nitrogen and oxygen atoms in total. The molecule has 98 valence electrons. The summed E-state index contributed by atoms with van der Waals surface area (Å²) in [6.45, 7) is 4.94. The van der Waals surface area contributed by atoms with Crippen molar-refractivity contribution >= 4 is 23.4 Å². The summed E-state index contributed by atoms with van der Waals surface area (Å²) in [5.74, 6) is 2.18. The summed E-state index contributed by atoms with van der Waals surface area (Å²) < 4.78 is 0. The lowest BCUT2D eigenvalue weighted by molar-refractivity contribution is -0.133. The first kappa shape index (κ1) is 13.3. The van der Waals surface area contributed by atoms with E-state index in [0.29, 0.717) is 6.04 Å². The van der Waals surface area contributed by atoms with Gasteiger partial charge >= 0.3 is 0 Å². The van der Waals surface area contributed by atoms with Gasteiger partial charge in [0.15, 0.2) is 0 Å². The molecule has 1 aliphatic rings. The molecule has 18 heavy (non-hydrogen) atoms. The average molecular weight is 264 g/mol. The second kappa shape index (κ2) is 5.65. The van der Waals surface area contributed by atoms with Gasteiger partial charge in [0.25, 0.3) is 0 Å². The minimum Gasteiger partial charge on any atom is -0.399 e. The van der Waals surface area contributed by atoms with Crippen molar-refractivity contribution in [3.63, 3.8) is 0 Å². The van der Waals surface area contributed by atoms with Crippen LogP contribution in [0.5, 0.6) is 0 Å². The number of hydrogen-bond donors (Lipinski definition) is 1. The Morgan fingerprint density at radius 3 is 3.00 bits per heavy atom. The minimum atomic E-state index is -0.112. The van der Waals surface area contributed by atoms with Crippen molar-refractivity contribution in [2.75, 3.05) is 23.8 Å². The molecular weight excluding hydrogens is 244 g/mol. The van der Waals surface area contributed by atoms with Crippen LogP contribution in [0.4, 0.5) is 5.69 Å². The van der Waals surface area contributed by atoms with E-state index in [1.165, 1.54) is 0 Å². The SMILES string of the molecule is CC(C(=O)N1CCSCC1C)c1cccc(N)c1. The summed E-state index contributed by atoms with van der Waals surface area (Å²) in [6.07, 6.45) is 0. The average Bonchev–Trinajstić information content (AvgIpc) is 2.37. The molecule has 0 saturated carbocycles. The van der Waals surface area contributed by atoms with Gasteiger partial charge in [-0.2, -0.15) is 11.8 Å². The highest BCUT2D eigenvalue weighted by atomic mass is 32.2. The molecule has 2 N–H and O–H groups in total. The van der Waals surface area contributed by atoms with E-state index in [-0.39, 0.29) is 11.8 Å². The Morgan fingerprint density at radius 2 is 2.33 bits per heavy atom. The van der Waals surface area contributed by atoms with Crippen LogP contribution in [0.3, 0.4) is 0 Å². The topological polar surface area (TPSA) is 46.3 Å². The van der Waals surface area contributed by atoms with Crippen LogP contribution in [0.25, 0.3) is 0 Å². The van der Waals surface area contributed by atoms with E-state index >= 15 is 0 Å². The normalized spacial score (nSPS) is 21.7. The molecule has 0 bridgehead atoms. The van der Waals surface area contributed by atoms with Crippen molar-refractivity contribution in [2.45, 2.75) is 25.8 Å². The molecule has 1 fully saturated rings. The van der Waals surface area contributed by atoms with Gasteiger partial charge < -0.3 is 10.6 Å². The van der Waals surface area contributed by atoms with Crippen molar-refractivity contribution < 1.29 is 4.79 Å². The zero-order valence-corrected chi connectivity index (χ0v) is 11.7. The number of nitrogen functional groups attached to an aromatic ring is 1. The molecule has 1 aromatic carbocycles. The highest BCUT2D eigenvalue weighted by molar-refractivity contribution is 7.99. The van der Waals surface area contributed by atoms with Crippen LogP contribution in [0, 0.1) is 0 Å². The van der Waals surface area contributed by atoms with E-state index in [1.54, 1.807) is 0 Å². The van der Waals surface area contributed by atoms with Gasteiger partial charge in [-0.1, -0.05) is 12.1 Å². The van der Waals surface area contributed by atoms with Crippen molar-refractivity contribution in [1.82, 2.24) is 4.90 Å². The molecule has 0 aliphatic carbocycles. The van der Waals surface area contributed by atoms with Crippen LogP contribution in [0.1, 0.15) is 25.3 Å². The van der Waals surface area contributed by atoms with Crippen LogP contribution in [-0.2, 0) is 4.79 Å². The Kier molecular flexibility index (Phi) is 4.17. The maximum Gasteiger partial charge on any atom is 0.230 e. The first-order chi connectivity index (χ1) is 8.59. The number of hydrogen-bond acceptors (Lipinski definition) is 3. The highest BCUT2D eigenvalue weighted by Gasteiger charge is 2.27. The zero-order chi connectivity index (χ0) is 13.1. The lowest BCUT2D eigenvalue weighted by atomic mass is 9.98. The van der Waals surface area contributed by atoms with E-state index in [0.717, 1.165) is 29.3 Å². The van der Waals surface area contributed by atoms with E-state index in [1.807, 2.05) is 47.9 Å². The molecular formula is C14H20N2OS. The monoisotopic (exact) mass is 264 g/mol. The molecule has 4 heteroatoms. The fraction of sp³-hybridized carbons (Fsp3) is 0.500. The Morgan fingerprint density at radius 1 is 1.56 bits per heavy atom. The molecule has 1 saturated heterocycles. The summed E-state index contributed by atoms with van der Waals surface area (Å²) in [5.41, 5.74) is 7.50. The predicted octanol–water partition coefficient (Wildman–Crippen LogP) is 2.34. The Labute approximate surface area is 113 Å². The predicted molar refractivity (Wildman–Crippen MR) is 77.8 cm³/mol. The van der Waals surface area contributed by atoms with Crippen LogP contribution in [-0.4, -0.2) is 34.9 Å². The molecule has 0 radical (unpaired) electrons. The molecule has 1 amide bonds. The number of thioether (sulfide) groups is 1. The number of amides is 1. The molecule has 2 unspecified atom stereocenters. The highest BCUT2D eigenvalue weighted by Crippen LogP contribution is 2.24. The quantitative estimate of drug-likeness (QED) is 0.834. The van der Waals surface area contributed by atoms with Gasteiger partial charge in [0.2, 0.25) is 5.91 Å². The number of rotatable bonds is 2. The van der Waals surface area contributed by atoms with Crippen LogP contribution in [0.2, 0.25) is 0 Å². The number of nitrogens with zero attached hydrogens (tertiary/aromatic N) is 1. The summed E-state index contributed by atoms with van der Waals surface area (Å²) >= 11 is 1.92. The molecule has 1 aromatic rings. The standard InChI is InChI=1S/C14H20N2OS/c1-10-9-18-7-6-16(10)14(17)11(2)12-4-3-5-13(15)8-12/h3-5,8,10-11H,6-7,9,15H2,1-2H3. The summed E-state index contributed by atoms with van der Waals surface area (Å²) in [5, 5.41) is 0. The van der Waals surface area contributed by atoms with E-state index in [2.05, 4.69) is 6.92 Å². The number of anilines is 1. The van der Waals surface area contributed by atoms with Crippen molar-refractivity contribution in [1.29, 1.82) is 0 Å². The second-order valence-corrected chi connectivity index (χ2v) is 6.00. The Bertz CT molecular complexity index is 436. The summed E-state index contributed by atoms with van der Waals surface area (Å²) in [6, 6.07) is 7.96. The smallest absolute Gasteiger partial charge is 0.230 e. The maximum absolute atomic E-state index is 12.5. The fourth-order valence-corrected chi connectivity index (χ4v) is 3.29. The van der Waals surface area contributed by atoms with Gasteiger partial charge in [-0.25, -0.2) is 0 Å². The largest absolute Gasteiger partial charge is 0.399 e. The third-order valence-electron chi connectivity index (χ3n) is 3.43. The molecule has 0 spiro atoms. The third kappa shape index (κ3) is 2.80. The molecule has 1 aliphatic heterocycles. The summed E-state index contributed by atoms with van der Waals surface area (Å²) in [7, 11) is 0. The van der Waals surface area contributed by atoms with Gasteiger partial charge in [0, 0.05) is 29.8 Å². The maximum atomic E-state index is 12.5. The number of nitrogens with two attached hydrogens (primary N) is 1. The van der Waals surface area contributed by atoms with Gasteiger partial charge in [-0.3, -0.25) is 4.79 Å². The zero-order valence-electron chi connectivity index (χ0n) is 10.9. The molecule has 1 heterocycles. The van der Waals surface area contributed by atoms with Crippen molar-refractivity contribution in [3.8, 4) is 0 Å². The van der Waals surface area contributed by atoms with E-state index in [4.69, 9.17) is 5.73 Å². The molecule has 2 rings (SSSR count). The van der Waals surface area contributed by atoms with Crippen LogP contribution in [0.15, 0.2) is 24.3 Å². The number of carbonyl (C=O) groups excluding carboxylic acids is 1. The van der Waals surface area contributed by atoms with Gasteiger partial charge in [0.05, 0.1) is 5.92 Å². The molecule has 0 aromatic heterocycles. The van der Waals surface area contributed by atoms with Gasteiger partial charge in [0.1, 0.15) is 0 Å². The lowest BCUT2D eigenvalue weighted by Gasteiger charge is -2.35. The second-order valence-electron chi connectivity index (χ2n) is 4.85. The fourth-order valence-electron chi connectivity index (χ4n) is 2.27. The van der Waals surface area contributed by atoms with Crippen LogP contribution < -0.4 is 5.73 Å². The lowest BCUT2D eigenvalue weighted by Crippen LogP contribution is -2.46. The van der Waals surface area contributed by atoms with Crippen molar-refractivity contribution in [2.24, 2.45) is 0 Å².